The van der Waals surface area contributed by atoms with Crippen molar-refractivity contribution in [2.75, 3.05) is 7.11 Å². The van der Waals surface area contributed by atoms with E-state index in [0.717, 1.165) is 15.8 Å². The number of hydrogen-bond donors (Lipinski definition) is 0. The van der Waals surface area contributed by atoms with Gasteiger partial charge in [0.2, 0.25) is 0 Å². The Morgan fingerprint density at radius 1 is 1.19 bits per heavy atom. The highest BCUT2D eigenvalue weighted by Crippen LogP contribution is 2.30. The van der Waals surface area contributed by atoms with Gasteiger partial charge in [-0.1, -0.05) is 41.9 Å². The van der Waals surface area contributed by atoms with Gasteiger partial charge in [0.15, 0.2) is 0 Å². The van der Waals surface area contributed by atoms with E-state index >= 15 is 0 Å². The van der Waals surface area contributed by atoms with Crippen LogP contribution in [0.1, 0.15) is 15.2 Å². The summed E-state index contributed by atoms with van der Waals surface area (Å²) in [7, 11) is 1.36. The lowest BCUT2D eigenvalue weighted by Gasteiger charge is -2.07. The number of aromatic nitrogens is 2. The molecule has 0 aliphatic carbocycles. The Balaban J connectivity index is 1.72. The highest BCUT2D eigenvalue weighted by atomic mass is 35.5. The van der Waals surface area contributed by atoms with Gasteiger partial charge in [0.1, 0.15) is 0 Å². The van der Waals surface area contributed by atoms with Gasteiger partial charge < -0.3 is 4.74 Å². The van der Waals surface area contributed by atoms with E-state index < -0.39 is 5.97 Å². The molecule has 2 heterocycles. The lowest BCUT2D eigenvalue weighted by atomic mass is 10.1. The number of carbonyl (C=O) groups excluding carboxylic acids is 1. The second kappa shape index (κ2) is 6.94. The van der Waals surface area contributed by atoms with Crippen LogP contribution in [0.2, 0.25) is 5.02 Å². The second-order valence-corrected chi connectivity index (χ2v) is 7.42. The van der Waals surface area contributed by atoms with Crippen LogP contribution in [-0.4, -0.2) is 22.9 Å². The Morgan fingerprint density at radius 3 is 2.77 bits per heavy atom. The highest BCUT2D eigenvalue weighted by Gasteiger charge is 2.17. The number of benzene rings is 2. The van der Waals surface area contributed by atoms with Crippen molar-refractivity contribution in [1.29, 1.82) is 0 Å². The lowest BCUT2D eigenvalue weighted by molar-refractivity contribution is 0.0602. The molecular weight excluding hydrogens is 368 g/mol. The Morgan fingerprint density at radius 2 is 2.00 bits per heavy atom. The molecule has 0 saturated heterocycles. The summed E-state index contributed by atoms with van der Waals surface area (Å²) in [6, 6.07) is 17.9. The fourth-order valence-corrected chi connectivity index (χ4v) is 4.17. The molecule has 0 saturated carbocycles. The molecule has 0 amide bonds. The SMILES string of the molecule is COC(=O)c1cc(Cl)cc2cnn(Cc3ccc(-c4ccccc4)s3)c12. The van der Waals surface area contributed by atoms with Crippen LogP contribution in [0.4, 0.5) is 0 Å². The predicted octanol–water partition coefficient (Wildman–Crippen LogP) is 5.25. The van der Waals surface area contributed by atoms with E-state index in [1.165, 1.54) is 17.6 Å². The first-order valence-electron chi connectivity index (χ1n) is 8.03. The Hall–Kier alpha value is -2.63. The van der Waals surface area contributed by atoms with E-state index in [1.54, 1.807) is 29.7 Å². The molecular formula is C20H15ClN2O2S. The molecule has 0 atom stereocenters. The van der Waals surface area contributed by atoms with E-state index in [9.17, 15) is 4.79 Å². The largest absolute Gasteiger partial charge is 0.465 e. The van der Waals surface area contributed by atoms with Crippen LogP contribution in [0.5, 0.6) is 0 Å². The topological polar surface area (TPSA) is 44.1 Å². The van der Waals surface area contributed by atoms with E-state index in [4.69, 9.17) is 16.3 Å². The van der Waals surface area contributed by atoms with Crippen LogP contribution in [0, 0.1) is 0 Å². The molecule has 0 radical (unpaired) electrons. The van der Waals surface area contributed by atoms with Crippen molar-refractivity contribution in [2.24, 2.45) is 0 Å². The second-order valence-electron chi connectivity index (χ2n) is 5.82. The van der Waals surface area contributed by atoms with E-state index in [0.29, 0.717) is 17.1 Å². The molecule has 2 aromatic carbocycles. The van der Waals surface area contributed by atoms with E-state index in [2.05, 4.69) is 29.4 Å². The number of rotatable bonds is 4. The molecule has 0 aliphatic rings. The maximum Gasteiger partial charge on any atom is 0.340 e. The highest BCUT2D eigenvalue weighted by molar-refractivity contribution is 7.15. The van der Waals surface area contributed by atoms with Gasteiger partial charge in [-0.05, 0) is 29.8 Å². The molecule has 4 rings (SSSR count). The molecule has 130 valence electrons. The van der Waals surface area contributed by atoms with Gasteiger partial charge in [-0.3, -0.25) is 4.68 Å². The summed E-state index contributed by atoms with van der Waals surface area (Å²) in [5, 5.41) is 5.75. The third-order valence-electron chi connectivity index (χ3n) is 4.13. The number of hydrogen-bond acceptors (Lipinski definition) is 4. The monoisotopic (exact) mass is 382 g/mol. The predicted molar refractivity (Wildman–Crippen MR) is 105 cm³/mol. The number of methoxy groups -OCH3 is 1. The zero-order chi connectivity index (χ0) is 18.1. The van der Waals surface area contributed by atoms with Crippen LogP contribution in [0.15, 0.2) is 60.8 Å². The van der Waals surface area contributed by atoms with Gasteiger partial charge in [-0.2, -0.15) is 5.10 Å². The number of thiophene rings is 1. The summed E-state index contributed by atoms with van der Waals surface area (Å²) in [5.41, 5.74) is 2.35. The number of nitrogens with zero attached hydrogens (tertiary/aromatic N) is 2. The standard InChI is InChI=1S/C20H15ClN2O2S/c1-25-20(24)17-10-15(21)9-14-11-22-23(19(14)17)12-16-7-8-18(26-16)13-5-3-2-4-6-13/h2-11H,12H2,1H3. The molecule has 2 aromatic heterocycles. The summed E-state index contributed by atoms with van der Waals surface area (Å²) < 4.78 is 6.72. The molecule has 0 aliphatic heterocycles. The van der Waals surface area contributed by atoms with Gasteiger partial charge in [0.05, 0.1) is 30.9 Å². The molecule has 0 unspecified atom stereocenters. The maximum absolute atomic E-state index is 12.2. The fourth-order valence-electron chi connectivity index (χ4n) is 2.95. The summed E-state index contributed by atoms with van der Waals surface area (Å²) in [4.78, 5) is 14.5. The summed E-state index contributed by atoms with van der Waals surface area (Å²) in [5.74, 6) is -0.421. The lowest BCUT2D eigenvalue weighted by Crippen LogP contribution is -2.07. The van der Waals surface area contributed by atoms with Gasteiger partial charge in [-0.15, -0.1) is 11.3 Å². The van der Waals surface area contributed by atoms with Crippen molar-refractivity contribution < 1.29 is 9.53 Å². The van der Waals surface area contributed by atoms with Crippen LogP contribution >= 0.6 is 22.9 Å². The van der Waals surface area contributed by atoms with Crippen LogP contribution in [-0.2, 0) is 11.3 Å². The van der Waals surface area contributed by atoms with Crippen molar-refractivity contribution in [1.82, 2.24) is 9.78 Å². The Kier molecular flexibility index (Phi) is 4.49. The van der Waals surface area contributed by atoms with Gasteiger partial charge in [-0.25, -0.2) is 4.79 Å². The quantitative estimate of drug-likeness (QED) is 0.452. The summed E-state index contributed by atoms with van der Waals surface area (Å²) in [6.45, 7) is 0.576. The average molecular weight is 383 g/mol. The van der Waals surface area contributed by atoms with Crippen molar-refractivity contribution in [3.05, 3.63) is 76.3 Å². The van der Waals surface area contributed by atoms with E-state index in [-0.39, 0.29) is 0 Å². The molecule has 6 heteroatoms. The normalized spacial score (nSPS) is 11.0. The zero-order valence-corrected chi connectivity index (χ0v) is 15.6. The van der Waals surface area contributed by atoms with Crippen molar-refractivity contribution in [3.63, 3.8) is 0 Å². The number of halogens is 1. The minimum atomic E-state index is -0.421. The van der Waals surface area contributed by atoms with E-state index in [1.807, 2.05) is 22.9 Å². The first-order valence-corrected chi connectivity index (χ1v) is 9.22. The summed E-state index contributed by atoms with van der Waals surface area (Å²) in [6.07, 6.45) is 1.72. The fraction of sp³-hybridized carbons (Fsp3) is 0.100. The molecule has 4 nitrogen and oxygen atoms in total. The number of esters is 1. The molecule has 4 aromatic rings. The van der Waals surface area contributed by atoms with Crippen LogP contribution < -0.4 is 0 Å². The Labute approximate surface area is 159 Å². The minimum Gasteiger partial charge on any atom is -0.465 e. The molecule has 26 heavy (non-hydrogen) atoms. The Bertz CT molecular complexity index is 1090. The zero-order valence-electron chi connectivity index (χ0n) is 14.0. The van der Waals surface area contributed by atoms with Gasteiger partial charge in [0, 0.05) is 20.2 Å². The van der Waals surface area contributed by atoms with Crippen molar-refractivity contribution >= 4 is 39.8 Å². The number of carbonyl (C=O) groups is 1. The van der Waals surface area contributed by atoms with Gasteiger partial charge >= 0.3 is 5.97 Å². The summed E-state index contributed by atoms with van der Waals surface area (Å²) >= 11 is 7.84. The average Bonchev–Trinajstić information content (AvgIpc) is 3.29. The third kappa shape index (κ3) is 3.11. The molecule has 0 fully saturated rings. The van der Waals surface area contributed by atoms with Crippen molar-refractivity contribution in [3.8, 4) is 10.4 Å². The first-order chi connectivity index (χ1) is 12.7. The third-order valence-corrected chi connectivity index (χ3v) is 5.47. The van der Waals surface area contributed by atoms with Crippen molar-refractivity contribution in [2.45, 2.75) is 6.54 Å². The number of fused-ring (bicyclic) bond motifs is 1. The first kappa shape index (κ1) is 16.8. The van der Waals surface area contributed by atoms with Gasteiger partial charge in [0.25, 0.3) is 0 Å². The minimum absolute atomic E-state index is 0.421. The number of ether oxygens (including phenoxy) is 1. The van der Waals surface area contributed by atoms with Crippen LogP contribution in [0.25, 0.3) is 21.3 Å². The molecule has 0 spiro atoms. The molecule has 0 bridgehead atoms. The maximum atomic E-state index is 12.2. The smallest absolute Gasteiger partial charge is 0.340 e. The molecule has 0 N–H and O–H groups in total. The van der Waals surface area contributed by atoms with Crippen LogP contribution in [0.3, 0.4) is 0 Å².